The van der Waals surface area contributed by atoms with Crippen molar-refractivity contribution >= 4 is 54.1 Å². The Morgan fingerprint density at radius 3 is 2.45 bits per heavy atom. The van der Waals surface area contributed by atoms with Crippen LogP contribution in [0.5, 0.6) is 0 Å². The van der Waals surface area contributed by atoms with Crippen LogP contribution in [-0.4, -0.2) is 97.5 Å². The lowest BCUT2D eigenvalue weighted by molar-refractivity contribution is -0.0565. The molecule has 0 aromatic carbocycles. The molecule has 0 bridgehead atoms. The number of nitrogens with one attached hydrogen (secondary N) is 1. The molecule has 9 atom stereocenters. The van der Waals surface area contributed by atoms with Gasteiger partial charge in [0.2, 0.25) is 11.9 Å². The van der Waals surface area contributed by atoms with Gasteiger partial charge in [0.25, 0.3) is 5.56 Å². The van der Waals surface area contributed by atoms with Crippen LogP contribution in [0.2, 0.25) is 0 Å². The number of anilines is 2. The molecule has 3 aromatic rings. The highest BCUT2D eigenvalue weighted by Crippen LogP contribution is 2.50. The van der Waals surface area contributed by atoms with Gasteiger partial charge in [-0.05, 0) is 0 Å². The lowest BCUT2D eigenvalue weighted by Gasteiger charge is -2.23. The van der Waals surface area contributed by atoms with Crippen LogP contribution in [0.25, 0.3) is 11.2 Å². The van der Waals surface area contributed by atoms with Crippen LogP contribution in [0.3, 0.4) is 0 Å². The van der Waals surface area contributed by atoms with Crippen molar-refractivity contribution in [3.05, 3.63) is 33.5 Å². The molecule has 3 unspecified atom stereocenters. The number of nitrogen functional groups attached to an aromatic ring is 2. The van der Waals surface area contributed by atoms with Crippen LogP contribution in [0, 0.1) is 0 Å². The third-order valence-electron chi connectivity index (χ3n) is 6.14. The van der Waals surface area contributed by atoms with Crippen molar-refractivity contribution in [1.82, 2.24) is 34.1 Å². The third-order valence-corrected chi connectivity index (χ3v) is 8.06. The molecule has 2 aliphatic heterocycles. The number of halogens is 2. The van der Waals surface area contributed by atoms with E-state index in [4.69, 9.17) is 53.2 Å². The fourth-order valence-electron chi connectivity index (χ4n) is 4.27. The topological polar surface area (TPSA) is 278 Å². The number of aliphatic hydroxyl groups excluding tert-OH is 2. The molecule has 2 fully saturated rings. The number of ether oxygens (including phenoxy) is 2. The minimum atomic E-state index is -4.94. The highest BCUT2D eigenvalue weighted by molar-refractivity contribution is 7.47. The molecule has 5 rings (SSSR count). The number of aliphatic hydroxyl groups is 2. The smallest absolute Gasteiger partial charge is 0.394 e. The Morgan fingerprint density at radius 1 is 1.07 bits per heavy atom. The molecule has 0 radical (unpaired) electrons. The number of hydrogen-bond acceptors (Lipinski definition) is 15. The second-order valence-corrected chi connectivity index (χ2v) is 11.1. The van der Waals surface area contributed by atoms with Crippen LogP contribution in [0.1, 0.15) is 12.5 Å². The van der Waals surface area contributed by atoms with Gasteiger partial charge in [0, 0.05) is 0 Å². The summed E-state index contributed by atoms with van der Waals surface area (Å²) >= 11 is 12.7. The largest absolute Gasteiger partial charge is 0.472 e. The number of phosphoric ester groups is 1. The number of fused-ring (bicyclic) bond motifs is 1. The molecule has 0 aliphatic carbocycles. The predicted octanol–water partition coefficient (Wildman–Crippen LogP) is -2.20. The van der Waals surface area contributed by atoms with Crippen LogP contribution in [-0.2, 0) is 23.1 Å². The summed E-state index contributed by atoms with van der Waals surface area (Å²) in [6.45, 7) is -1.38. The van der Waals surface area contributed by atoms with E-state index in [0.29, 0.717) is 0 Å². The first-order valence-electron chi connectivity index (χ1n) is 11.4. The molecular formula is C18H22Cl2N9O10P. The molecular weight excluding hydrogens is 604 g/mol. The first-order chi connectivity index (χ1) is 18.9. The molecule has 3 aromatic heterocycles. The molecule has 0 saturated carbocycles. The summed E-state index contributed by atoms with van der Waals surface area (Å²) in [7, 11) is -4.94. The average Bonchev–Trinajstić information content (AvgIpc) is 3.53. The minimum Gasteiger partial charge on any atom is -0.394 e. The van der Waals surface area contributed by atoms with Crippen molar-refractivity contribution in [3.8, 4) is 0 Å². The van der Waals surface area contributed by atoms with Gasteiger partial charge in [-0.1, -0.05) is 0 Å². The standard InChI is InChI=1S/C18H22Cl2N9O10P/c19-7-10(31)6(38-14(7)28-3-23-9-12(28)25-17(22)26-13(9)32)2-36-40(34,35)39-11-5(1-30)37-15(8(11)20)29-4-24-16(21)27-18(29)33/h3-8,10-11,14-15,30-31H,1-2H2,(H,34,35)(H2,21,27,33)(H3,22,25,26,32)/t5-,6-,7+,8+,10?,11?,14-,15-/m1/s1. The first kappa shape index (κ1) is 28.8. The van der Waals surface area contributed by atoms with E-state index in [1.807, 2.05) is 0 Å². The van der Waals surface area contributed by atoms with Crippen molar-refractivity contribution in [3.63, 3.8) is 0 Å². The molecule has 0 spiro atoms. The van der Waals surface area contributed by atoms with Crippen LogP contribution < -0.4 is 22.7 Å². The van der Waals surface area contributed by atoms with E-state index in [9.17, 15) is 29.3 Å². The van der Waals surface area contributed by atoms with Gasteiger partial charge in [-0.3, -0.25) is 28.0 Å². The molecule has 19 nitrogen and oxygen atoms in total. The number of nitrogens with zero attached hydrogens (tertiary/aromatic N) is 6. The number of H-pyrrole nitrogens is 1. The maximum Gasteiger partial charge on any atom is 0.472 e. The number of hydrogen-bond donors (Lipinski definition) is 6. The number of imidazole rings is 1. The summed E-state index contributed by atoms with van der Waals surface area (Å²) in [5, 5.41) is 17.9. The maximum absolute atomic E-state index is 12.8. The Balaban J connectivity index is 1.27. The second kappa shape index (κ2) is 10.9. The number of phosphoric acid groups is 1. The quantitative estimate of drug-likeness (QED) is 0.114. The SMILES string of the molecule is Nc1ncn([C@@H]2O[C@H](CO)C(OP(=O)(O)OC[C@H]3O[C@@H](n4cnc5c(=O)[nH]c(N)nc54)[C@@H](Cl)C3O)[C@@H]2Cl)c(=O)n1. The van der Waals surface area contributed by atoms with E-state index in [2.05, 4.69) is 24.9 Å². The summed E-state index contributed by atoms with van der Waals surface area (Å²) < 4.78 is 36.4. The van der Waals surface area contributed by atoms with Gasteiger partial charge in [0.05, 0.1) is 19.5 Å². The van der Waals surface area contributed by atoms with E-state index in [0.717, 1.165) is 10.9 Å². The molecule has 2 aliphatic rings. The van der Waals surface area contributed by atoms with Crippen LogP contribution >= 0.6 is 31.0 Å². The minimum absolute atomic E-state index is 0.0337. The van der Waals surface area contributed by atoms with Gasteiger partial charge < -0.3 is 36.0 Å². The number of nitrogens with two attached hydrogens (primary N) is 2. The average molecular weight is 626 g/mol. The fraction of sp³-hybridized carbons (Fsp3) is 0.556. The Bertz CT molecular complexity index is 1570. The fourth-order valence-corrected chi connectivity index (χ4v) is 6.05. The number of aromatic nitrogens is 7. The summed E-state index contributed by atoms with van der Waals surface area (Å²) in [6.07, 6.45) is -5.51. The van der Waals surface area contributed by atoms with E-state index >= 15 is 0 Å². The predicted molar refractivity (Wildman–Crippen MR) is 134 cm³/mol. The van der Waals surface area contributed by atoms with Gasteiger partial charge in [-0.2, -0.15) is 9.97 Å². The number of aromatic amines is 1. The molecule has 40 heavy (non-hydrogen) atoms. The zero-order chi connectivity index (χ0) is 28.9. The molecule has 8 N–H and O–H groups in total. The monoisotopic (exact) mass is 625 g/mol. The van der Waals surface area contributed by atoms with E-state index in [-0.39, 0.29) is 23.1 Å². The van der Waals surface area contributed by atoms with E-state index < -0.39 is 79.9 Å². The van der Waals surface area contributed by atoms with Crippen molar-refractivity contribution in [2.45, 2.75) is 47.6 Å². The first-order valence-corrected chi connectivity index (χ1v) is 13.7. The lowest BCUT2D eigenvalue weighted by Crippen LogP contribution is -2.35. The van der Waals surface area contributed by atoms with Gasteiger partial charge >= 0.3 is 13.5 Å². The van der Waals surface area contributed by atoms with Gasteiger partial charge in [0.1, 0.15) is 41.5 Å². The van der Waals surface area contributed by atoms with Crippen molar-refractivity contribution in [2.24, 2.45) is 0 Å². The summed E-state index contributed by atoms with van der Waals surface area (Å²) in [6, 6.07) is 0. The zero-order valence-electron chi connectivity index (χ0n) is 19.9. The normalized spacial score (nSPS) is 32.0. The maximum atomic E-state index is 12.8. The van der Waals surface area contributed by atoms with Crippen molar-refractivity contribution in [1.29, 1.82) is 0 Å². The molecule has 5 heterocycles. The van der Waals surface area contributed by atoms with E-state index in [1.165, 1.54) is 10.9 Å². The molecule has 218 valence electrons. The molecule has 22 heteroatoms. The highest BCUT2D eigenvalue weighted by atomic mass is 35.5. The highest BCUT2D eigenvalue weighted by Gasteiger charge is 2.50. The second-order valence-electron chi connectivity index (χ2n) is 8.71. The van der Waals surface area contributed by atoms with Crippen molar-refractivity contribution < 1.29 is 38.2 Å². The summed E-state index contributed by atoms with van der Waals surface area (Å²) in [4.78, 5) is 52.0. The Morgan fingerprint density at radius 2 is 1.75 bits per heavy atom. The third kappa shape index (κ3) is 5.32. The molecule has 2 saturated heterocycles. The number of alkyl halides is 2. The Kier molecular flexibility index (Phi) is 7.87. The van der Waals surface area contributed by atoms with Crippen molar-refractivity contribution in [2.75, 3.05) is 24.7 Å². The van der Waals surface area contributed by atoms with Gasteiger partial charge in [-0.25, -0.2) is 19.3 Å². The summed E-state index contributed by atoms with van der Waals surface area (Å²) in [5.41, 5.74) is 9.49. The van der Waals surface area contributed by atoms with Crippen LogP contribution in [0.4, 0.5) is 11.9 Å². The molecule has 0 amide bonds. The van der Waals surface area contributed by atoms with Gasteiger partial charge in [-0.15, -0.1) is 23.2 Å². The van der Waals surface area contributed by atoms with Crippen LogP contribution in [0.15, 0.2) is 22.2 Å². The van der Waals surface area contributed by atoms with E-state index in [1.54, 1.807) is 0 Å². The summed E-state index contributed by atoms with van der Waals surface area (Å²) in [5.74, 6) is -0.481. The van der Waals surface area contributed by atoms with Gasteiger partial charge in [0.15, 0.2) is 23.6 Å². The zero-order valence-corrected chi connectivity index (χ0v) is 22.3. The Hall–Kier alpha value is -2.71. The number of rotatable bonds is 8. The Labute approximate surface area is 232 Å². The lowest BCUT2D eigenvalue weighted by atomic mass is 10.2.